The van der Waals surface area contributed by atoms with E-state index in [1.807, 2.05) is 11.9 Å². The van der Waals surface area contributed by atoms with E-state index in [0.717, 1.165) is 6.54 Å². The van der Waals surface area contributed by atoms with Crippen LogP contribution >= 0.6 is 0 Å². The maximum absolute atomic E-state index is 11.7. The Hall–Kier alpha value is -0.110. The molecular formula is C7H16FN. The Kier molecular flexibility index (Phi) is 4.68. The van der Waals surface area contributed by atoms with Gasteiger partial charge in [0.25, 0.3) is 0 Å². The maximum atomic E-state index is 11.7. The summed E-state index contributed by atoms with van der Waals surface area (Å²) in [6.45, 7) is 5.59. The summed E-state index contributed by atoms with van der Waals surface area (Å²) in [6.07, 6.45) is 0. The Labute approximate surface area is 56.9 Å². The van der Waals surface area contributed by atoms with Gasteiger partial charge in [0.2, 0.25) is 0 Å². The van der Waals surface area contributed by atoms with Crippen molar-refractivity contribution >= 4 is 0 Å². The van der Waals surface area contributed by atoms with Crippen LogP contribution in [0.4, 0.5) is 4.39 Å². The standard InChI is InChI=1S/C7H16FN/c1-7(2)6-9(3)5-4-8/h7H,4-6H2,1-3H3. The third-order valence-electron chi connectivity index (χ3n) is 1.14. The third kappa shape index (κ3) is 5.77. The molecule has 0 radical (unpaired) electrons. The molecule has 9 heavy (non-hydrogen) atoms. The molecular weight excluding hydrogens is 117 g/mol. The molecule has 2 heteroatoms. The topological polar surface area (TPSA) is 3.24 Å². The van der Waals surface area contributed by atoms with Crippen molar-refractivity contribution in [3.05, 3.63) is 0 Å². The third-order valence-corrected chi connectivity index (χ3v) is 1.14. The molecule has 0 aromatic heterocycles. The van der Waals surface area contributed by atoms with Crippen LogP contribution in [-0.4, -0.2) is 31.7 Å². The summed E-state index contributed by atoms with van der Waals surface area (Å²) in [6, 6.07) is 0. The van der Waals surface area contributed by atoms with Gasteiger partial charge in [-0.05, 0) is 13.0 Å². The number of alkyl halides is 1. The predicted molar refractivity (Wildman–Crippen MR) is 38.3 cm³/mol. The van der Waals surface area contributed by atoms with E-state index >= 15 is 0 Å². The summed E-state index contributed by atoms with van der Waals surface area (Å²) in [5, 5.41) is 0. The van der Waals surface area contributed by atoms with Gasteiger partial charge in [0.1, 0.15) is 6.67 Å². The van der Waals surface area contributed by atoms with Crippen molar-refractivity contribution in [2.75, 3.05) is 26.8 Å². The van der Waals surface area contributed by atoms with Gasteiger partial charge >= 0.3 is 0 Å². The molecule has 0 unspecified atom stereocenters. The molecule has 0 saturated heterocycles. The van der Waals surface area contributed by atoms with Gasteiger partial charge < -0.3 is 4.90 Å². The number of rotatable bonds is 4. The summed E-state index contributed by atoms with van der Waals surface area (Å²) in [5.74, 6) is 0.640. The minimum atomic E-state index is -0.233. The molecule has 0 aliphatic rings. The zero-order chi connectivity index (χ0) is 7.28. The van der Waals surface area contributed by atoms with Crippen molar-refractivity contribution in [1.82, 2.24) is 4.90 Å². The van der Waals surface area contributed by atoms with Crippen molar-refractivity contribution < 1.29 is 4.39 Å². The van der Waals surface area contributed by atoms with Gasteiger partial charge in [-0.25, -0.2) is 4.39 Å². The largest absolute Gasteiger partial charge is 0.304 e. The van der Waals surface area contributed by atoms with E-state index in [4.69, 9.17) is 0 Å². The fourth-order valence-electron chi connectivity index (χ4n) is 0.859. The van der Waals surface area contributed by atoms with Crippen LogP contribution in [0.5, 0.6) is 0 Å². The molecule has 0 aliphatic carbocycles. The molecule has 0 heterocycles. The molecule has 1 nitrogen and oxygen atoms in total. The molecule has 0 aromatic carbocycles. The maximum Gasteiger partial charge on any atom is 0.102 e. The number of hydrogen-bond acceptors (Lipinski definition) is 1. The summed E-state index contributed by atoms with van der Waals surface area (Å²) in [5.41, 5.74) is 0. The van der Waals surface area contributed by atoms with E-state index in [0.29, 0.717) is 12.5 Å². The highest BCUT2D eigenvalue weighted by molar-refractivity contribution is 4.52. The van der Waals surface area contributed by atoms with Gasteiger partial charge in [0.15, 0.2) is 0 Å². The highest BCUT2D eigenvalue weighted by Gasteiger charge is 1.99. The quantitative estimate of drug-likeness (QED) is 0.562. The molecule has 0 spiro atoms. The second-order valence-corrected chi connectivity index (χ2v) is 2.85. The monoisotopic (exact) mass is 133 g/mol. The molecule has 0 bridgehead atoms. The summed E-state index contributed by atoms with van der Waals surface area (Å²) < 4.78 is 11.7. The average Bonchev–Trinajstić information content (AvgIpc) is 1.63. The molecule has 0 rings (SSSR count). The van der Waals surface area contributed by atoms with Crippen LogP contribution in [0.25, 0.3) is 0 Å². The Morgan fingerprint density at radius 3 is 2.33 bits per heavy atom. The lowest BCUT2D eigenvalue weighted by Crippen LogP contribution is -2.25. The SMILES string of the molecule is CC(C)CN(C)CCF. The first kappa shape index (κ1) is 8.89. The summed E-state index contributed by atoms with van der Waals surface area (Å²) in [4.78, 5) is 2.00. The second-order valence-electron chi connectivity index (χ2n) is 2.85. The zero-order valence-electron chi connectivity index (χ0n) is 6.52. The van der Waals surface area contributed by atoms with E-state index in [2.05, 4.69) is 13.8 Å². The van der Waals surface area contributed by atoms with Crippen LogP contribution in [0.3, 0.4) is 0 Å². The number of nitrogens with zero attached hydrogens (tertiary/aromatic N) is 1. The van der Waals surface area contributed by atoms with E-state index in [1.54, 1.807) is 0 Å². The Balaban J connectivity index is 3.15. The Morgan fingerprint density at radius 1 is 1.44 bits per heavy atom. The van der Waals surface area contributed by atoms with Crippen LogP contribution in [0.1, 0.15) is 13.8 Å². The first-order valence-electron chi connectivity index (χ1n) is 3.41. The highest BCUT2D eigenvalue weighted by Crippen LogP contribution is 1.94. The molecule has 56 valence electrons. The van der Waals surface area contributed by atoms with Crippen LogP contribution < -0.4 is 0 Å². The fraction of sp³-hybridized carbons (Fsp3) is 1.00. The van der Waals surface area contributed by atoms with Gasteiger partial charge in [-0.3, -0.25) is 0 Å². The van der Waals surface area contributed by atoms with Crippen molar-refractivity contribution in [3.8, 4) is 0 Å². The Morgan fingerprint density at radius 2 is 2.00 bits per heavy atom. The molecule has 0 aliphatic heterocycles. The molecule has 0 saturated carbocycles. The number of halogens is 1. The molecule has 0 N–H and O–H groups in total. The van der Waals surface area contributed by atoms with Crippen LogP contribution in [0.15, 0.2) is 0 Å². The average molecular weight is 133 g/mol. The van der Waals surface area contributed by atoms with Gasteiger partial charge in [0.05, 0.1) is 0 Å². The van der Waals surface area contributed by atoms with Crippen molar-refractivity contribution in [3.63, 3.8) is 0 Å². The minimum Gasteiger partial charge on any atom is -0.304 e. The highest BCUT2D eigenvalue weighted by atomic mass is 19.1. The molecule has 0 amide bonds. The van der Waals surface area contributed by atoms with Crippen LogP contribution in [0, 0.1) is 5.92 Å². The van der Waals surface area contributed by atoms with Gasteiger partial charge in [-0.2, -0.15) is 0 Å². The fourth-order valence-corrected chi connectivity index (χ4v) is 0.859. The van der Waals surface area contributed by atoms with Gasteiger partial charge in [-0.15, -0.1) is 0 Å². The van der Waals surface area contributed by atoms with Gasteiger partial charge in [0, 0.05) is 13.1 Å². The van der Waals surface area contributed by atoms with Crippen molar-refractivity contribution in [1.29, 1.82) is 0 Å². The number of hydrogen-bond donors (Lipinski definition) is 0. The molecule has 0 aromatic rings. The van der Waals surface area contributed by atoms with E-state index < -0.39 is 0 Å². The lowest BCUT2D eigenvalue weighted by molar-refractivity contribution is 0.267. The lowest BCUT2D eigenvalue weighted by Gasteiger charge is -2.16. The van der Waals surface area contributed by atoms with Crippen molar-refractivity contribution in [2.45, 2.75) is 13.8 Å². The minimum absolute atomic E-state index is 0.233. The Bertz CT molecular complexity index is 63.9. The van der Waals surface area contributed by atoms with Gasteiger partial charge in [-0.1, -0.05) is 13.8 Å². The lowest BCUT2D eigenvalue weighted by atomic mass is 10.2. The summed E-state index contributed by atoms with van der Waals surface area (Å²) >= 11 is 0. The zero-order valence-corrected chi connectivity index (χ0v) is 6.52. The predicted octanol–water partition coefficient (Wildman–Crippen LogP) is 1.54. The van der Waals surface area contributed by atoms with E-state index in [1.165, 1.54) is 0 Å². The van der Waals surface area contributed by atoms with E-state index in [9.17, 15) is 4.39 Å². The van der Waals surface area contributed by atoms with Crippen LogP contribution in [-0.2, 0) is 0 Å². The first-order chi connectivity index (χ1) is 4.16. The van der Waals surface area contributed by atoms with Crippen molar-refractivity contribution in [2.24, 2.45) is 5.92 Å². The summed E-state index contributed by atoms with van der Waals surface area (Å²) in [7, 11) is 1.94. The second kappa shape index (κ2) is 4.74. The first-order valence-corrected chi connectivity index (χ1v) is 3.41. The molecule has 0 atom stereocenters. The van der Waals surface area contributed by atoms with Crippen LogP contribution in [0.2, 0.25) is 0 Å². The smallest absolute Gasteiger partial charge is 0.102 e. The van der Waals surface area contributed by atoms with E-state index in [-0.39, 0.29) is 6.67 Å². The normalized spacial score (nSPS) is 11.3. The molecule has 0 fully saturated rings.